The number of unbranched alkanes of at least 4 members (excludes halogenated alkanes) is 26. The van der Waals surface area contributed by atoms with E-state index >= 15 is 0 Å². The zero-order valence-electron chi connectivity index (χ0n) is 40.2. The lowest BCUT2D eigenvalue weighted by Gasteiger charge is -2.18. The standard InChI is InChI=1S/C55H96O6/c1-4-7-10-13-16-19-22-25-28-31-33-36-39-42-45-48-54(57)60-51-52(61-55(58)49-46-43-40-37-34-30-27-24-21-18-15-12-9-6-3)50-59-53(56)47-44-41-38-35-32-29-26-23-20-17-14-11-8-5-2/h9,12,16,18-19,21-22,25,27,30,52H,4-8,10-11,13-15,17,20,23-24,26,28-29,31-51H2,1-3H3/b12-9-,19-16-,21-18-,25-22-,30-27-. The van der Waals surface area contributed by atoms with Crippen LogP contribution in [-0.4, -0.2) is 37.2 Å². The van der Waals surface area contributed by atoms with E-state index in [4.69, 9.17) is 14.2 Å². The lowest BCUT2D eigenvalue weighted by molar-refractivity contribution is -0.167. The lowest BCUT2D eigenvalue weighted by atomic mass is 10.0. The van der Waals surface area contributed by atoms with Gasteiger partial charge in [0, 0.05) is 19.3 Å². The molecule has 0 saturated heterocycles. The molecule has 0 amide bonds. The molecule has 0 spiro atoms. The summed E-state index contributed by atoms with van der Waals surface area (Å²) >= 11 is 0. The molecule has 0 aromatic heterocycles. The summed E-state index contributed by atoms with van der Waals surface area (Å²) in [6.45, 7) is 6.48. The topological polar surface area (TPSA) is 78.9 Å². The van der Waals surface area contributed by atoms with Crippen molar-refractivity contribution >= 4 is 17.9 Å². The Morgan fingerprint density at radius 1 is 0.361 bits per heavy atom. The van der Waals surface area contributed by atoms with Gasteiger partial charge in [-0.05, 0) is 77.0 Å². The van der Waals surface area contributed by atoms with Gasteiger partial charge in [0.2, 0.25) is 0 Å². The molecule has 6 heteroatoms. The fraction of sp³-hybridized carbons (Fsp3) is 0.764. The van der Waals surface area contributed by atoms with E-state index in [0.29, 0.717) is 19.3 Å². The van der Waals surface area contributed by atoms with Gasteiger partial charge in [-0.2, -0.15) is 0 Å². The molecule has 0 aliphatic heterocycles. The highest BCUT2D eigenvalue weighted by molar-refractivity contribution is 5.71. The van der Waals surface area contributed by atoms with Crippen LogP contribution >= 0.6 is 0 Å². The predicted molar refractivity (Wildman–Crippen MR) is 261 cm³/mol. The molecule has 0 saturated carbocycles. The van der Waals surface area contributed by atoms with Crippen LogP contribution in [0.3, 0.4) is 0 Å². The van der Waals surface area contributed by atoms with Crippen molar-refractivity contribution < 1.29 is 28.6 Å². The maximum Gasteiger partial charge on any atom is 0.306 e. The molecule has 1 unspecified atom stereocenters. The first kappa shape index (κ1) is 58.1. The maximum absolute atomic E-state index is 12.8. The SMILES string of the molecule is CC/C=C\C/C=C\C/C=C\CCCCCCC(=O)OC(COC(=O)CCCCCCCC/C=C\C=C/CCCCC)COC(=O)CCCCCCCCCCCCCCCC. The van der Waals surface area contributed by atoms with Gasteiger partial charge in [0.05, 0.1) is 0 Å². The van der Waals surface area contributed by atoms with E-state index in [9.17, 15) is 14.4 Å². The second-order valence-corrected chi connectivity index (χ2v) is 17.1. The van der Waals surface area contributed by atoms with Crippen LogP contribution in [0.4, 0.5) is 0 Å². The Morgan fingerprint density at radius 3 is 1.13 bits per heavy atom. The van der Waals surface area contributed by atoms with Crippen LogP contribution in [-0.2, 0) is 28.6 Å². The van der Waals surface area contributed by atoms with Crippen LogP contribution < -0.4 is 0 Å². The van der Waals surface area contributed by atoms with Crippen molar-refractivity contribution in [3.63, 3.8) is 0 Å². The van der Waals surface area contributed by atoms with E-state index in [1.807, 2.05) is 0 Å². The van der Waals surface area contributed by atoms with Crippen molar-refractivity contribution in [3.8, 4) is 0 Å². The van der Waals surface area contributed by atoms with Crippen LogP contribution in [0, 0.1) is 0 Å². The van der Waals surface area contributed by atoms with Crippen molar-refractivity contribution in [1.82, 2.24) is 0 Å². The van der Waals surface area contributed by atoms with Crippen LogP contribution in [0.2, 0.25) is 0 Å². The van der Waals surface area contributed by atoms with Crippen molar-refractivity contribution in [3.05, 3.63) is 60.8 Å². The molecule has 0 fully saturated rings. The molecule has 0 aliphatic rings. The highest BCUT2D eigenvalue weighted by Gasteiger charge is 2.19. The smallest absolute Gasteiger partial charge is 0.306 e. The molecule has 0 radical (unpaired) electrons. The van der Waals surface area contributed by atoms with Gasteiger partial charge >= 0.3 is 17.9 Å². The third-order valence-electron chi connectivity index (χ3n) is 11.0. The van der Waals surface area contributed by atoms with Crippen molar-refractivity contribution in [2.75, 3.05) is 13.2 Å². The Labute approximate surface area is 377 Å². The van der Waals surface area contributed by atoms with Crippen LogP contribution in [0.1, 0.15) is 252 Å². The van der Waals surface area contributed by atoms with Crippen molar-refractivity contribution in [2.45, 2.75) is 258 Å². The van der Waals surface area contributed by atoms with Crippen LogP contribution in [0.5, 0.6) is 0 Å². The van der Waals surface area contributed by atoms with Gasteiger partial charge in [0.1, 0.15) is 13.2 Å². The average Bonchev–Trinajstić information content (AvgIpc) is 3.26. The molecule has 0 aromatic rings. The average molecular weight is 853 g/mol. The number of ether oxygens (including phenoxy) is 3. The van der Waals surface area contributed by atoms with Crippen LogP contribution in [0.25, 0.3) is 0 Å². The van der Waals surface area contributed by atoms with Crippen molar-refractivity contribution in [1.29, 1.82) is 0 Å². The molecule has 1 atom stereocenters. The second-order valence-electron chi connectivity index (χ2n) is 17.1. The van der Waals surface area contributed by atoms with E-state index < -0.39 is 6.10 Å². The summed E-state index contributed by atoms with van der Waals surface area (Å²) in [5.74, 6) is -0.915. The monoisotopic (exact) mass is 853 g/mol. The summed E-state index contributed by atoms with van der Waals surface area (Å²) in [5.41, 5.74) is 0. The van der Waals surface area contributed by atoms with E-state index in [0.717, 1.165) is 96.3 Å². The number of carbonyl (C=O) groups excluding carboxylic acids is 3. The minimum absolute atomic E-state index is 0.0855. The number of esters is 3. The molecule has 0 bridgehead atoms. The van der Waals surface area contributed by atoms with Gasteiger partial charge in [0.15, 0.2) is 6.10 Å². The Balaban J connectivity index is 4.42. The second kappa shape index (κ2) is 49.8. The summed E-state index contributed by atoms with van der Waals surface area (Å²) in [7, 11) is 0. The number of allylic oxidation sites excluding steroid dienone is 10. The first-order chi connectivity index (χ1) is 30.0. The Bertz CT molecular complexity index is 1120. The molecular weight excluding hydrogens is 757 g/mol. The molecule has 0 aliphatic carbocycles. The van der Waals surface area contributed by atoms with Gasteiger partial charge in [0.25, 0.3) is 0 Å². The third kappa shape index (κ3) is 48.0. The highest BCUT2D eigenvalue weighted by Crippen LogP contribution is 2.15. The maximum atomic E-state index is 12.8. The summed E-state index contributed by atoms with van der Waals surface area (Å²) in [5, 5.41) is 0. The van der Waals surface area contributed by atoms with E-state index in [1.165, 1.54) is 116 Å². The number of hydrogen-bond donors (Lipinski definition) is 0. The van der Waals surface area contributed by atoms with Gasteiger partial charge in [-0.15, -0.1) is 0 Å². The number of rotatable bonds is 46. The highest BCUT2D eigenvalue weighted by atomic mass is 16.6. The first-order valence-corrected chi connectivity index (χ1v) is 25.8. The number of hydrogen-bond acceptors (Lipinski definition) is 6. The quantitative estimate of drug-likeness (QED) is 0.0200. The van der Waals surface area contributed by atoms with Crippen molar-refractivity contribution in [2.24, 2.45) is 0 Å². The fourth-order valence-electron chi connectivity index (χ4n) is 7.15. The van der Waals surface area contributed by atoms with E-state index in [-0.39, 0.29) is 31.1 Å². The zero-order valence-corrected chi connectivity index (χ0v) is 40.2. The molecule has 0 N–H and O–H groups in total. The fourth-order valence-corrected chi connectivity index (χ4v) is 7.15. The van der Waals surface area contributed by atoms with E-state index in [1.54, 1.807) is 0 Å². The Morgan fingerprint density at radius 2 is 0.689 bits per heavy atom. The predicted octanol–water partition coefficient (Wildman–Crippen LogP) is 16.9. The van der Waals surface area contributed by atoms with Crippen LogP contribution in [0.15, 0.2) is 60.8 Å². The Kier molecular flexibility index (Phi) is 47.4. The zero-order chi connectivity index (χ0) is 44.4. The van der Waals surface area contributed by atoms with Gasteiger partial charge in [-0.1, -0.05) is 216 Å². The Hall–Kier alpha value is -2.89. The first-order valence-electron chi connectivity index (χ1n) is 25.8. The molecule has 352 valence electrons. The summed E-state index contributed by atoms with van der Waals surface area (Å²) in [6.07, 6.45) is 60.5. The lowest BCUT2D eigenvalue weighted by Crippen LogP contribution is -2.30. The molecule has 0 aromatic carbocycles. The minimum atomic E-state index is -0.788. The summed E-state index contributed by atoms with van der Waals surface area (Å²) in [4.78, 5) is 38.0. The molecular formula is C55H96O6. The summed E-state index contributed by atoms with van der Waals surface area (Å²) in [6, 6.07) is 0. The molecule has 61 heavy (non-hydrogen) atoms. The summed E-state index contributed by atoms with van der Waals surface area (Å²) < 4.78 is 16.8. The van der Waals surface area contributed by atoms with E-state index in [2.05, 4.69) is 81.5 Å². The van der Waals surface area contributed by atoms with Gasteiger partial charge < -0.3 is 14.2 Å². The molecule has 6 nitrogen and oxygen atoms in total. The van der Waals surface area contributed by atoms with Gasteiger partial charge in [-0.3, -0.25) is 14.4 Å². The third-order valence-corrected chi connectivity index (χ3v) is 11.0. The minimum Gasteiger partial charge on any atom is -0.462 e. The number of carbonyl (C=O) groups is 3. The molecule has 0 rings (SSSR count). The molecule has 0 heterocycles. The normalized spacial score (nSPS) is 12.5. The van der Waals surface area contributed by atoms with Gasteiger partial charge in [-0.25, -0.2) is 0 Å². The largest absolute Gasteiger partial charge is 0.462 e.